The molecule has 200 valence electrons. The standard InChI is InChI=1S/2C13H9.2C4H9.2ClH.Si.Zr/c2*1-3-7-12-10(5-1)9-11-6-2-4-8-13(11)12;2*1-3-4-2;;;;/h2*1-9H;2*1,3-4H2,2H3;2*1H;;/q4*-1;;;;. The zero-order chi connectivity index (χ0) is 26.2. The molecule has 2 radical (unpaired) electrons. The summed E-state index contributed by atoms with van der Waals surface area (Å²) in [5.41, 5.74) is 0. The number of benzene rings is 4. The van der Waals surface area contributed by atoms with Gasteiger partial charge in [-0.2, -0.15) is 12.8 Å². The van der Waals surface area contributed by atoms with Crippen molar-refractivity contribution >= 4 is 74.8 Å². The zero-order valence-corrected chi connectivity index (χ0v) is 27.5. The molecule has 0 saturated heterocycles. The van der Waals surface area contributed by atoms with E-state index in [0.29, 0.717) is 0 Å². The summed E-state index contributed by atoms with van der Waals surface area (Å²) in [4.78, 5) is 0. The third-order valence-corrected chi connectivity index (χ3v) is 5.75. The summed E-state index contributed by atoms with van der Waals surface area (Å²) in [5.74, 6) is 0. The van der Waals surface area contributed by atoms with Gasteiger partial charge in [0.1, 0.15) is 0 Å². The summed E-state index contributed by atoms with van der Waals surface area (Å²) in [6.45, 7) is 14.5. The smallest absolute Gasteiger partial charge is 0.0771 e. The SMILES string of the molecule is Cl.Cl.[CH2-]CCC.[CH2-]CCC.[Si]=[Zr].c1ccc2c(c1)[cH-]c1ccccc12.c1ccc2c(c1)[cH-]c1ccccc12. The molecular weight excluding hydrogens is 599 g/mol. The zero-order valence-electron chi connectivity index (χ0n) is 22.5. The normalized spacial score (nSPS) is 9.24. The monoisotopic (exact) mass is 634 g/mol. The van der Waals surface area contributed by atoms with Gasteiger partial charge in [-0.3, -0.25) is 0 Å². The summed E-state index contributed by atoms with van der Waals surface area (Å²) in [6, 6.07) is 38.5. The summed E-state index contributed by atoms with van der Waals surface area (Å²) >= 11 is 1.36. The fourth-order valence-corrected chi connectivity index (χ4v) is 3.81. The molecule has 4 heteroatoms. The summed E-state index contributed by atoms with van der Waals surface area (Å²) in [5, 5.41) is 10.8. The van der Waals surface area contributed by atoms with Crippen LogP contribution in [-0.4, -0.2) is 6.88 Å². The van der Waals surface area contributed by atoms with Gasteiger partial charge in [0.2, 0.25) is 0 Å². The molecule has 0 unspecified atom stereocenters. The Morgan fingerprint density at radius 3 is 0.868 bits per heavy atom. The first-order valence-electron chi connectivity index (χ1n) is 12.6. The van der Waals surface area contributed by atoms with E-state index in [-0.39, 0.29) is 24.8 Å². The first-order valence-corrected chi connectivity index (χ1v) is 16.8. The van der Waals surface area contributed by atoms with Gasteiger partial charge in [0, 0.05) is 0 Å². The van der Waals surface area contributed by atoms with Crippen molar-refractivity contribution in [1.82, 2.24) is 0 Å². The molecule has 0 fully saturated rings. The van der Waals surface area contributed by atoms with E-state index >= 15 is 0 Å². The number of unbranched alkanes of at least 4 members (excludes halogenated alkanes) is 2. The number of rotatable bonds is 2. The van der Waals surface area contributed by atoms with Crippen molar-refractivity contribution in [2.24, 2.45) is 0 Å². The van der Waals surface area contributed by atoms with Gasteiger partial charge in [-0.05, 0) is 0 Å². The van der Waals surface area contributed by atoms with E-state index < -0.39 is 0 Å². The number of hydrogen-bond donors (Lipinski definition) is 0. The molecular formula is C34H38Cl2SiZr-4. The molecule has 0 N–H and O–H groups in total. The minimum atomic E-state index is 0. The van der Waals surface area contributed by atoms with E-state index in [9.17, 15) is 0 Å². The third kappa shape index (κ3) is 10.5. The van der Waals surface area contributed by atoms with Crippen molar-refractivity contribution in [2.45, 2.75) is 39.5 Å². The van der Waals surface area contributed by atoms with Crippen LogP contribution >= 0.6 is 24.8 Å². The fraction of sp³-hybridized carbons (Fsp3) is 0.176. The largest absolute Gasteiger partial charge is 0.126 e. The van der Waals surface area contributed by atoms with Crippen LogP contribution < -0.4 is 0 Å². The fourth-order valence-electron chi connectivity index (χ4n) is 3.81. The minimum absolute atomic E-state index is 0. The van der Waals surface area contributed by atoms with Gasteiger partial charge in [0.05, 0.1) is 0 Å². The predicted molar refractivity (Wildman–Crippen MR) is 175 cm³/mol. The Kier molecular flexibility index (Phi) is 20.2. The molecule has 0 nitrogen and oxygen atoms in total. The van der Waals surface area contributed by atoms with E-state index in [2.05, 4.69) is 144 Å². The Labute approximate surface area is 259 Å². The van der Waals surface area contributed by atoms with Gasteiger partial charge >= 0.3 is 30.2 Å². The molecule has 6 aromatic rings. The first-order chi connectivity index (χ1) is 17.7. The summed E-state index contributed by atoms with van der Waals surface area (Å²) in [6.07, 6.45) is 4.56. The quantitative estimate of drug-likeness (QED) is 0.131. The average molecular weight is 637 g/mol. The molecule has 0 aromatic heterocycles. The maximum Gasteiger partial charge on any atom is -0.0771 e. The van der Waals surface area contributed by atoms with Crippen LogP contribution in [0.15, 0.2) is 109 Å². The molecule has 0 amide bonds. The molecule has 0 aliphatic heterocycles. The molecule has 0 aliphatic carbocycles. The van der Waals surface area contributed by atoms with Crippen molar-refractivity contribution in [3.63, 3.8) is 0 Å². The second kappa shape index (κ2) is 21.2. The van der Waals surface area contributed by atoms with Crippen molar-refractivity contribution in [3.05, 3.63) is 123 Å². The maximum atomic E-state index is 3.60. The first kappa shape index (κ1) is 36.3. The molecule has 38 heavy (non-hydrogen) atoms. The minimum Gasteiger partial charge on any atom is -0.126 e. The van der Waals surface area contributed by atoms with Crippen LogP contribution in [0.1, 0.15) is 39.5 Å². The van der Waals surface area contributed by atoms with Gasteiger partial charge in [-0.1, -0.05) is 99.5 Å². The van der Waals surface area contributed by atoms with E-state index in [4.69, 9.17) is 0 Å². The predicted octanol–water partition coefficient (Wildman–Crippen LogP) is 11.1. The molecule has 0 aliphatic rings. The molecule has 0 heterocycles. The number of halogens is 2. The van der Waals surface area contributed by atoms with Gasteiger partial charge in [-0.15, -0.1) is 104 Å². The van der Waals surface area contributed by atoms with Crippen molar-refractivity contribution in [2.75, 3.05) is 0 Å². The Bertz CT molecular complexity index is 1220. The van der Waals surface area contributed by atoms with E-state index in [0.717, 1.165) is 12.8 Å². The Hall–Kier alpha value is -1.70. The van der Waals surface area contributed by atoms with E-state index in [1.165, 1.54) is 79.3 Å². The number of fused-ring (bicyclic) bond motifs is 6. The van der Waals surface area contributed by atoms with E-state index in [1.54, 1.807) is 0 Å². The van der Waals surface area contributed by atoms with Gasteiger partial charge in [0.25, 0.3) is 0 Å². The van der Waals surface area contributed by atoms with Gasteiger partial charge in [0.15, 0.2) is 0 Å². The Morgan fingerprint density at radius 2 is 0.684 bits per heavy atom. The van der Waals surface area contributed by atoms with E-state index in [1.807, 2.05) is 0 Å². The van der Waals surface area contributed by atoms with Crippen molar-refractivity contribution in [1.29, 1.82) is 0 Å². The second-order valence-corrected chi connectivity index (χ2v) is 8.34. The number of hydrogen-bond acceptors (Lipinski definition) is 0. The van der Waals surface area contributed by atoms with Crippen molar-refractivity contribution < 1.29 is 23.3 Å². The topological polar surface area (TPSA) is 0 Å². The Morgan fingerprint density at radius 1 is 0.500 bits per heavy atom. The maximum absolute atomic E-state index is 3.60. The third-order valence-electron chi connectivity index (χ3n) is 5.75. The van der Waals surface area contributed by atoms with Gasteiger partial charge in [-0.25, -0.2) is 0 Å². The van der Waals surface area contributed by atoms with Crippen LogP contribution in [0, 0.1) is 13.8 Å². The molecule has 6 aromatic carbocycles. The van der Waals surface area contributed by atoms with Crippen LogP contribution in [0.5, 0.6) is 0 Å². The Balaban J connectivity index is 0.000000520. The summed E-state index contributed by atoms with van der Waals surface area (Å²) in [7, 11) is 0. The molecule has 0 saturated carbocycles. The second-order valence-electron chi connectivity index (χ2n) is 8.34. The van der Waals surface area contributed by atoms with Crippen LogP contribution in [0.4, 0.5) is 0 Å². The molecule has 0 bridgehead atoms. The average Bonchev–Trinajstić information content (AvgIpc) is 3.53. The molecule has 6 rings (SSSR count). The van der Waals surface area contributed by atoms with Crippen LogP contribution in [0.25, 0.3) is 43.1 Å². The van der Waals surface area contributed by atoms with Crippen LogP contribution in [-0.2, 0) is 23.3 Å². The summed E-state index contributed by atoms with van der Waals surface area (Å²) < 4.78 is 0. The molecule has 0 atom stereocenters. The van der Waals surface area contributed by atoms with Gasteiger partial charge < -0.3 is 13.8 Å². The van der Waals surface area contributed by atoms with Crippen molar-refractivity contribution in [3.8, 4) is 0 Å². The van der Waals surface area contributed by atoms with Crippen LogP contribution in [0.2, 0.25) is 0 Å². The molecule has 0 spiro atoms. The van der Waals surface area contributed by atoms with Crippen LogP contribution in [0.3, 0.4) is 0 Å².